The van der Waals surface area contributed by atoms with E-state index in [2.05, 4.69) is 15.6 Å². The topological polar surface area (TPSA) is 63.2 Å². The fourth-order valence-corrected chi connectivity index (χ4v) is 3.49. The summed E-state index contributed by atoms with van der Waals surface area (Å²) in [6.07, 6.45) is 4.83. The van der Waals surface area contributed by atoms with E-state index in [-0.39, 0.29) is 18.2 Å². The molecule has 1 aromatic carbocycles. The molecule has 1 heterocycles. The molecule has 0 unspecified atom stereocenters. The first-order valence-corrected chi connectivity index (χ1v) is 8.70. The Balaban J connectivity index is 1.48. The molecule has 122 valence electrons. The van der Waals surface area contributed by atoms with Gasteiger partial charge in [-0.05, 0) is 38.3 Å². The van der Waals surface area contributed by atoms with Gasteiger partial charge in [0.2, 0.25) is 0 Å². The average molecular weight is 331 g/mol. The predicted octanol–water partition coefficient (Wildman–Crippen LogP) is 3.25. The van der Waals surface area contributed by atoms with Crippen molar-refractivity contribution >= 4 is 17.4 Å². The minimum atomic E-state index is -0.161. The number of hydrogen-bond donors (Lipinski definition) is 2. The van der Waals surface area contributed by atoms with Crippen molar-refractivity contribution in [2.75, 3.05) is 0 Å². The van der Waals surface area contributed by atoms with E-state index in [1.807, 2.05) is 43.5 Å². The number of nitrogens with one attached hydrogen (secondary N) is 2. The number of benzene rings is 1. The van der Waals surface area contributed by atoms with E-state index in [1.54, 1.807) is 11.3 Å². The van der Waals surface area contributed by atoms with Crippen LogP contribution in [0.3, 0.4) is 0 Å². The first-order valence-electron chi connectivity index (χ1n) is 7.88. The van der Waals surface area contributed by atoms with E-state index in [9.17, 15) is 4.79 Å². The third kappa shape index (κ3) is 4.45. The Bertz CT molecular complexity index is 644. The Hall–Kier alpha value is -2.08. The van der Waals surface area contributed by atoms with Crippen LogP contribution in [-0.2, 0) is 6.54 Å². The number of thiazole rings is 1. The molecule has 0 spiro atoms. The van der Waals surface area contributed by atoms with Crippen LogP contribution in [0.4, 0.5) is 4.79 Å². The van der Waals surface area contributed by atoms with Crippen LogP contribution in [0.1, 0.15) is 29.1 Å². The zero-order valence-electron chi connectivity index (χ0n) is 13.1. The van der Waals surface area contributed by atoms with E-state index in [4.69, 9.17) is 4.74 Å². The van der Waals surface area contributed by atoms with Gasteiger partial charge < -0.3 is 15.4 Å². The van der Waals surface area contributed by atoms with Crippen molar-refractivity contribution in [1.29, 1.82) is 0 Å². The van der Waals surface area contributed by atoms with E-state index in [0.717, 1.165) is 34.9 Å². The minimum Gasteiger partial charge on any atom is -0.488 e. The highest BCUT2D eigenvalue weighted by Crippen LogP contribution is 2.24. The summed E-state index contributed by atoms with van der Waals surface area (Å²) in [5.41, 5.74) is 0. The van der Waals surface area contributed by atoms with Gasteiger partial charge in [-0.2, -0.15) is 0 Å². The Morgan fingerprint density at radius 3 is 2.91 bits per heavy atom. The van der Waals surface area contributed by atoms with Crippen molar-refractivity contribution < 1.29 is 9.53 Å². The molecule has 0 bridgehead atoms. The van der Waals surface area contributed by atoms with Crippen molar-refractivity contribution in [1.82, 2.24) is 15.6 Å². The number of amides is 2. The second-order valence-corrected chi connectivity index (χ2v) is 7.02. The molecule has 1 saturated carbocycles. The van der Waals surface area contributed by atoms with Gasteiger partial charge in [0.05, 0.1) is 12.6 Å². The fourth-order valence-electron chi connectivity index (χ4n) is 2.76. The first-order chi connectivity index (χ1) is 11.2. The summed E-state index contributed by atoms with van der Waals surface area (Å²) >= 11 is 1.60. The lowest BCUT2D eigenvalue weighted by atomic mass is 10.2. The Morgan fingerprint density at radius 2 is 2.17 bits per heavy atom. The minimum absolute atomic E-state index is 0.0326. The number of aryl methyl sites for hydroxylation is 1. The first kappa shape index (κ1) is 15.8. The maximum atomic E-state index is 12.1. The summed E-state index contributed by atoms with van der Waals surface area (Å²) in [4.78, 5) is 17.5. The van der Waals surface area contributed by atoms with Gasteiger partial charge in [0.25, 0.3) is 0 Å². The Labute approximate surface area is 140 Å². The quantitative estimate of drug-likeness (QED) is 0.884. The second kappa shape index (κ2) is 7.46. The molecular formula is C17H21N3O2S. The highest BCUT2D eigenvalue weighted by atomic mass is 32.1. The van der Waals surface area contributed by atoms with E-state index in [1.165, 1.54) is 0 Å². The number of carbonyl (C=O) groups excluding carboxylic acids is 1. The number of carbonyl (C=O) groups is 1. The zero-order valence-corrected chi connectivity index (χ0v) is 13.9. The number of ether oxygens (including phenoxy) is 1. The normalized spacial score (nSPS) is 20.2. The summed E-state index contributed by atoms with van der Waals surface area (Å²) in [5, 5.41) is 6.81. The largest absolute Gasteiger partial charge is 0.488 e. The van der Waals surface area contributed by atoms with Crippen LogP contribution >= 0.6 is 11.3 Å². The predicted molar refractivity (Wildman–Crippen MR) is 90.7 cm³/mol. The number of nitrogens with zero attached hydrogens (tertiary/aromatic N) is 1. The molecule has 6 heteroatoms. The molecule has 3 rings (SSSR count). The van der Waals surface area contributed by atoms with E-state index in [0.29, 0.717) is 6.54 Å². The average Bonchev–Trinajstić information content (AvgIpc) is 3.16. The molecule has 1 fully saturated rings. The van der Waals surface area contributed by atoms with Gasteiger partial charge in [0, 0.05) is 11.1 Å². The highest BCUT2D eigenvalue weighted by molar-refractivity contribution is 7.11. The lowest BCUT2D eigenvalue weighted by molar-refractivity contribution is 0.172. The summed E-state index contributed by atoms with van der Waals surface area (Å²) in [7, 11) is 0. The van der Waals surface area contributed by atoms with Crippen LogP contribution < -0.4 is 15.4 Å². The summed E-state index contributed by atoms with van der Waals surface area (Å²) in [6, 6.07) is 9.65. The van der Waals surface area contributed by atoms with Crippen molar-refractivity contribution in [3.63, 3.8) is 0 Å². The van der Waals surface area contributed by atoms with Gasteiger partial charge in [0.1, 0.15) is 16.9 Å². The van der Waals surface area contributed by atoms with Crippen molar-refractivity contribution in [2.45, 2.75) is 44.9 Å². The summed E-state index contributed by atoms with van der Waals surface area (Å²) in [6.45, 7) is 2.46. The molecule has 2 N–H and O–H groups in total. The zero-order chi connectivity index (χ0) is 16.1. The number of rotatable bonds is 5. The van der Waals surface area contributed by atoms with Crippen molar-refractivity contribution in [3.05, 3.63) is 46.4 Å². The maximum Gasteiger partial charge on any atom is 0.315 e. The fraction of sp³-hybridized carbons (Fsp3) is 0.412. The molecule has 1 aliphatic carbocycles. The van der Waals surface area contributed by atoms with Crippen LogP contribution in [-0.4, -0.2) is 23.2 Å². The van der Waals surface area contributed by atoms with Crippen LogP contribution in [0.2, 0.25) is 0 Å². The molecule has 0 aliphatic heterocycles. The van der Waals surface area contributed by atoms with E-state index >= 15 is 0 Å². The Kier molecular flexibility index (Phi) is 5.12. The number of hydrogen-bond acceptors (Lipinski definition) is 4. The summed E-state index contributed by atoms with van der Waals surface area (Å²) in [5.74, 6) is 0.852. The molecule has 0 radical (unpaired) electrons. The third-order valence-corrected chi connectivity index (χ3v) is 4.78. The Morgan fingerprint density at radius 1 is 1.35 bits per heavy atom. The second-order valence-electron chi connectivity index (χ2n) is 5.70. The molecule has 1 aromatic heterocycles. The standard InChI is InChI=1S/C17H21N3O2S/c1-12-10-18-16(23-12)11-19-17(21)20-14-8-5-9-15(14)22-13-6-3-2-4-7-13/h2-4,6-7,10,14-15H,5,8-9,11H2,1H3,(H2,19,20,21)/t14-,15-/m1/s1. The molecule has 5 nitrogen and oxygen atoms in total. The number of para-hydroxylation sites is 1. The lowest BCUT2D eigenvalue weighted by Gasteiger charge is -2.22. The van der Waals surface area contributed by atoms with Gasteiger partial charge in [-0.1, -0.05) is 18.2 Å². The molecular weight excluding hydrogens is 310 g/mol. The van der Waals surface area contributed by atoms with E-state index < -0.39 is 0 Å². The van der Waals surface area contributed by atoms with Crippen molar-refractivity contribution in [2.24, 2.45) is 0 Å². The lowest BCUT2D eigenvalue weighted by Crippen LogP contribution is -2.46. The molecule has 2 aromatic rings. The maximum absolute atomic E-state index is 12.1. The van der Waals surface area contributed by atoms with Crippen LogP contribution in [0, 0.1) is 6.92 Å². The van der Waals surface area contributed by atoms with Gasteiger partial charge >= 0.3 is 6.03 Å². The SMILES string of the molecule is Cc1cnc(CNC(=O)N[C@@H]2CCC[C@H]2Oc2ccccc2)s1. The van der Waals surface area contributed by atoms with Gasteiger partial charge in [-0.25, -0.2) is 9.78 Å². The third-order valence-electron chi connectivity index (χ3n) is 3.87. The number of aromatic nitrogens is 1. The van der Waals surface area contributed by atoms with Gasteiger partial charge in [0.15, 0.2) is 0 Å². The molecule has 0 saturated heterocycles. The van der Waals surface area contributed by atoms with Gasteiger partial charge in [-0.3, -0.25) is 0 Å². The monoisotopic (exact) mass is 331 g/mol. The number of urea groups is 1. The molecule has 2 amide bonds. The summed E-state index contributed by atoms with van der Waals surface area (Å²) < 4.78 is 6.00. The van der Waals surface area contributed by atoms with Gasteiger partial charge in [-0.15, -0.1) is 11.3 Å². The smallest absolute Gasteiger partial charge is 0.315 e. The molecule has 23 heavy (non-hydrogen) atoms. The molecule has 2 atom stereocenters. The highest BCUT2D eigenvalue weighted by Gasteiger charge is 2.30. The van der Waals surface area contributed by atoms with Crippen LogP contribution in [0.25, 0.3) is 0 Å². The van der Waals surface area contributed by atoms with Crippen LogP contribution in [0.5, 0.6) is 5.75 Å². The van der Waals surface area contributed by atoms with Crippen molar-refractivity contribution in [3.8, 4) is 5.75 Å². The molecule has 1 aliphatic rings. The van der Waals surface area contributed by atoms with Crippen LogP contribution in [0.15, 0.2) is 36.5 Å².